The molecular weight excluding hydrogens is 164 g/mol. The van der Waals surface area contributed by atoms with Gasteiger partial charge in [0.25, 0.3) is 0 Å². The Morgan fingerprint density at radius 3 is 2.69 bits per heavy atom. The van der Waals surface area contributed by atoms with E-state index in [0.29, 0.717) is 0 Å². The van der Waals surface area contributed by atoms with Crippen LogP contribution in [-0.2, 0) is 0 Å². The van der Waals surface area contributed by atoms with Gasteiger partial charge in [0.1, 0.15) is 0 Å². The fraction of sp³-hybridized carbons (Fsp3) is 0.900. The molecule has 1 aliphatic rings. The summed E-state index contributed by atoms with van der Waals surface area (Å²) >= 11 is 0. The molecule has 1 fully saturated rings. The zero-order valence-electron chi connectivity index (χ0n) is 8.88. The Hall–Kier alpha value is -0.570. The minimum atomic E-state index is -0.319. The Bertz CT molecular complexity index is 199. The SMILES string of the molecule is CN1CCCCC1=NC(C)(C)CO. The second-order valence-electron chi connectivity index (χ2n) is 4.38. The van der Waals surface area contributed by atoms with Gasteiger partial charge in [-0.05, 0) is 26.7 Å². The molecule has 1 rings (SSSR count). The van der Waals surface area contributed by atoms with Crippen molar-refractivity contribution in [3.8, 4) is 0 Å². The highest BCUT2D eigenvalue weighted by molar-refractivity contribution is 5.83. The van der Waals surface area contributed by atoms with E-state index >= 15 is 0 Å². The number of likely N-dealkylation sites (tertiary alicyclic amines) is 1. The van der Waals surface area contributed by atoms with Crippen molar-refractivity contribution in [2.24, 2.45) is 4.99 Å². The van der Waals surface area contributed by atoms with Gasteiger partial charge in [-0.25, -0.2) is 0 Å². The molecule has 0 aliphatic carbocycles. The molecule has 0 spiro atoms. The molecule has 1 aliphatic heterocycles. The number of rotatable bonds is 2. The number of nitrogens with zero attached hydrogens (tertiary/aromatic N) is 2. The maximum Gasteiger partial charge on any atom is 0.0994 e. The van der Waals surface area contributed by atoms with Crippen LogP contribution in [0.5, 0.6) is 0 Å². The third-order valence-corrected chi connectivity index (χ3v) is 2.40. The minimum Gasteiger partial charge on any atom is -0.394 e. The Kier molecular flexibility index (Phi) is 3.31. The van der Waals surface area contributed by atoms with Crippen LogP contribution in [-0.4, -0.2) is 41.6 Å². The zero-order chi connectivity index (χ0) is 9.90. The average Bonchev–Trinajstić information content (AvgIpc) is 2.09. The van der Waals surface area contributed by atoms with Crippen LogP contribution in [0.2, 0.25) is 0 Å². The van der Waals surface area contributed by atoms with Crippen LogP contribution >= 0.6 is 0 Å². The highest BCUT2D eigenvalue weighted by atomic mass is 16.3. The molecule has 0 saturated carbocycles. The summed E-state index contributed by atoms with van der Waals surface area (Å²) in [6.07, 6.45) is 3.54. The van der Waals surface area contributed by atoms with Gasteiger partial charge >= 0.3 is 0 Å². The number of aliphatic imine (C=N–C) groups is 1. The summed E-state index contributed by atoms with van der Waals surface area (Å²) in [5, 5.41) is 9.09. The van der Waals surface area contributed by atoms with E-state index in [1.807, 2.05) is 13.8 Å². The van der Waals surface area contributed by atoms with Crippen molar-refractivity contribution in [2.45, 2.75) is 38.6 Å². The lowest BCUT2D eigenvalue weighted by Gasteiger charge is -2.29. The molecule has 0 radical (unpaired) electrons. The van der Waals surface area contributed by atoms with Crippen LogP contribution in [0, 0.1) is 0 Å². The van der Waals surface area contributed by atoms with Gasteiger partial charge in [-0.15, -0.1) is 0 Å². The molecule has 1 saturated heterocycles. The largest absolute Gasteiger partial charge is 0.394 e. The van der Waals surface area contributed by atoms with E-state index in [9.17, 15) is 0 Å². The predicted octanol–water partition coefficient (Wildman–Crippen LogP) is 1.27. The summed E-state index contributed by atoms with van der Waals surface area (Å²) in [6, 6.07) is 0. The number of amidine groups is 1. The molecular formula is C10H20N2O. The third-order valence-electron chi connectivity index (χ3n) is 2.40. The van der Waals surface area contributed by atoms with Crippen molar-refractivity contribution >= 4 is 5.84 Å². The molecule has 0 atom stereocenters. The van der Waals surface area contributed by atoms with Crippen molar-refractivity contribution in [3.05, 3.63) is 0 Å². The Balaban J connectivity index is 2.67. The Labute approximate surface area is 80.5 Å². The molecule has 0 aromatic heterocycles. The van der Waals surface area contributed by atoms with Gasteiger partial charge < -0.3 is 10.0 Å². The summed E-state index contributed by atoms with van der Waals surface area (Å²) < 4.78 is 0. The summed E-state index contributed by atoms with van der Waals surface area (Å²) in [5.74, 6) is 1.14. The highest BCUT2D eigenvalue weighted by Gasteiger charge is 2.19. The molecule has 0 aromatic rings. The van der Waals surface area contributed by atoms with Gasteiger partial charge in [0.2, 0.25) is 0 Å². The van der Waals surface area contributed by atoms with Gasteiger partial charge in [-0.3, -0.25) is 4.99 Å². The van der Waals surface area contributed by atoms with Gasteiger partial charge in [0, 0.05) is 20.0 Å². The number of piperidine rings is 1. The number of hydrogen-bond donors (Lipinski definition) is 1. The van der Waals surface area contributed by atoms with Crippen LogP contribution in [0.1, 0.15) is 33.1 Å². The first-order valence-corrected chi connectivity index (χ1v) is 4.96. The number of hydrogen-bond acceptors (Lipinski definition) is 2. The summed E-state index contributed by atoms with van der Waals surface area (Å²) in [5.41, 5.74) is -0.319. The van der Waals surface area contributed by atoms with Crippen molar-refractivity contribution in [2.75, 3.05) is 20.2 Å². The van der Waals surface area contributed by atoms with E-state index < -0.39 is 0 Å². The first kappa shape index (κ1) is 10.5. The maximum absolute atomic E-state index is 9.09. The molecule has 76 valence electrons. The van der Waals surface area contributed by atoms with Gasteiger partial charge in [0.05, 0.1) is 18.0 Å². The monoisotopic (exact) mass is 184 g/mol. The molecule has 0 bridgehead atoms. The summed E-state index contributed by atoms with van der Waals surface area (Å²) in [7, 11) is 2.07. The van der Waals surface area contributed by atoms with Crippen LogP contribution in [0.3, 0.4) is 0 Å². The third kappa shape index (κ3) is 2.99. The quantitative estimate of drug-likeness (QED) is 0.701. The normalized spacial score (nSPS) is 22.5. The van der Waals surface area contributed by atoms with E-state index in [-0.39, 0.29) is 12.1 Å². The lowest BCUT2D eigenvalue weighted by molar-refractivity contribution is 0.220. The average molecular weight is 184 g/mol. The van der Waals surface area contributed by atoms with Crippen molar-refractivity contribution < 1.29 is 5.11 Å². The van der Waals surface area contributed by atoms with Crippen molar-refractivity contribution in [3.63, 3.8) is 0 Å². The zero-order valence-corrected chi connectivity index (χ0v) is 8.88. The fourth-order valence-electron chi connectivity index (χ4n) is 1.48. The van der Waals surface area contributed by atoms with Gasteiger partial charge in [-0.1, -0.05) is 0 Å². The topological polar surface area (TPSA) is 35.8 Å². The van der Waals surface area contributed by atoms with Crippen LogP contribution < -0.4 is 0 Å². The second-order valence-corrected chi connectivity index (χ2v) is 4.38. The molecule has 3 heteroatoms. The first-order valence-electron chi connectivity index (χ1n) is 4.96. The van der Waals surface area contributed by atoms with Gasteiger partial charge in [-0.2, -0.15) is 0 Å². The van der Waals surface area contributed by atoms with E-state index in [1.165, 1.54) is 12.8 Å². The fourth-order valence-corrected chi connectivity index (χ4v) is 1.48. The molecule has 0 unspecified atom stereocenters. The second kappa shape index (κ2) is 4.09. The van der Waals surface area contributed by atoms with Crippen molar-refractivity contribution in [1.82, 2.24) is 4.90 Å². The van der Waals surface area contributed by atoms with Crippen LogP contribution in [0.25, 0.3) is 0 Å². The van der Waals surface area contributed by atoms with Gasteiger partial charge in [0.15, 0.2) is 0 Å². The van der Waals surface area contributed by atoms with Crippen molar-refractivity contribution in [1.29, 1.82) is 0 Å². The number of aliphatic hydroxyl groups excluding tert-OH is 1. The Morgan fingerprint density at radius 1 is 1.46 bits per heavy atom. The lowest BCUT2D eigenvalue weighted by Crippen LogP contribution is -2.35. The van der Waals surface area contributed by atoms with E-state index in [1.54, 1.807) is 0 Å². The highest BCUT2D eigenvalue weighted by Crippen LogP contribution is 2.15. The van der Waals surface area contributed by atoms with E-state index in [0.717, 1.165) is 18.8 Å². The summed E-state index contributed by atoms with van der Waals surface area (Å²) in [6.45, 7) is 5.13. The Morgan fingerprint density at radius 2 is 2.15 bits per heavy atom. The minimum absolute atomic E-state index is 0.115. The molecule has 3 nitrogen and oxygen atoms in total. The van der Waals surface area contributed by atoms with E-state index in [4.69, 9.17) is 5.11 Å². The molecule has 0 aromatic carbocycles. The standard InChI is InChI=1S/C10H20N2O/c1-10(2,8-13)11-9-6-4-5-7-12(9)3/h13H,4-8H2,1-3H3. The summed E-state index contributed by atoms with van der Waals surface area (Å²) in [4.78, 5) is 6.76. The predicted molar refractivity (Wildman–Crippen MR) is 55.1 cm³/mol. The smallest absolute Gasteiger partial charge is 0.0994 e. The first-order chi connectivity index (χ1) is 6.05. The molecule has 1 heterocycles. The van der Waals surface area contributed by atoms with Crippen LogP contribution in [0.15, 0.2) is 4.99 Å². The molecule has 1 N–H and O–H groups in total. The lowest BCUT2D eigenvalue weighted by atomic mass is 10.1. The maximum atomic E-state index is 9.09. The molecule has 0 amide bonds. The number of aliphatic hydroxyl groups is 1. The van der Waals surface area contributed by atoms with Crippen LogP contribution in [0.4, 0.5) is 0 Å². The molecule has 13 heavy (non-hydrogen) atoms. The van der Waals surface area contributed by atoms with E-state index in [2.05, 4.69) is 16.9 Å².